The molecule has 3 aromatic heterocycles. The summed E-state index contributed by atoms with van der Waals surface area (Å²) in [5.74, 6) is -0.874. The quantitative estimate of drug-likeness (QED) is 0.210. The number of aromatic nitrogens is 5. The first kappa shape index (κ1) is 29.6. The topological polar surface area (TPSA) is 118 Å². The van der Waals surface area contributed by atoms with Crippen molar-refractivity contribution in [3.63, 3.8) is 0 Å². The summed E-state index contributed by atoms with van der Waals surface area (Å²) >= 11 is 14.9. The second kappa shape index (κ2) is 11.7. The van der Waals surface area contributed by atoms with Crippen molar-refractivity contribution in [3.05, 3.63) is 81.4 Å². The number of likely N-dealkylation sites (tertiary alicyclic amines) is 1. The van der Waals surface area contributed by atoms with Gasteiger partial charge in [0.15, 0.2) is 11.2 Å². The Morgan fingerprint density at radius 1 is 1.13 bits per heavy atom. The van der Waals surface area contributed by atoms with Crippen molar-refractivity contribution < 1.29 is 23.5 Å². The Balaban J connectivity index is 1.23. The Morgan fingerprint density at radius 2 is 1.93 bits per heavy atom. The molecule has 0 bridgehead atoms. The fourth-order valence-corrected chi connectivity index (χ4v) is 7.26. The predicted octanol–water partition coefficient (Wildman–Crippen LogP) is 6.59. The first-order valence-electron chi connectivity index (χ1n) is 14.2. The maximum Gasteiger partial charge on any atom is 0.407 e. The van der Waals surface area contributed by atoms with E-state index in [1.807, 2.05) is 24.3 Å². The zero-order chi connectivity index (χ0) is 31.4. The number of nitrogens with one attached hydrogen (secondary N) is 1. The van der Waals surface area contributed by atoms with E-state index in [0.717, 1.165) is 16.0 Å². The lowest BCUT2D eigenvalue weighted by molar-refractivity contribution is -0.118. The zero-order valence-electron chi connectivity index (χ0n) is 23.4. The molecule has 2 aliphatic rings. The predicted molar refractivity (Wildman–Crippen MR) is 167 cm³/mol. The zero-order valence-corrected chi connectivity index (χ0v) is 25.7. The fourth-order valence-electron chi connectivity index (χ4n) is 6.18. The summed E-state index contributed by atoms with van der Waals surface area (Å²) in [6.45, 7) is 0.265. The molecular weight excluding hydrogens is 647 g/mol. The SMILES string of the molecule is O=C(Nc1nccs1)C(c1ncn2c1C[C@@H](F)C2)n1cc2c(Cl)cc(-c3ccc([C@@H]4CCN(C(=O)O)C[C@H]4F)cc3)c(Cl)c2n1. The molecule has 1 fully saturated rings. The van der Waals surface area contributed by atoms with Gasteiger partial charge in [0.25, 0.3) is 5.91 Å². The third kappa shape index (κ3) is 5.42. The highest BCUT2D eigenvalue weighted by atomic mass is 35.5. The molecule has 15 heteroatoms. The van der Waals surface area contributed by atoms with Crippen LogP contribution in [0.5, 0.6) is 0 Å². The normalized spacial score (nSPS) is 20.4. The van der Waals surface area contributed by atoms with Crippen molar-refractivity contribution in [3.8, 4) is 11.1 Å². The molecule has 0 saturated carbocycles. The van der Waals surface area contributed by atoms with Gasteiger partial charge in [0.05, 0.1) is 35.2 Å². The minimum absolute atomic E-state index is 0.126. The number of hydrogen-bond donors (Lipinski definition) is 2. The van der Waals surface area contributed by atoms with Crippen molar-refractivity contribution >= 4 is 62.6 Å². The third-order valence-electron chi connectivity index (χ3n) is 8.39. The number of hydrogen-bond acceptors (Lipinski definition) is 6. The highest BCUT2D eigenvalue weighted by molar-refractivity contribution is 7.13. The van der Waals surface area contributed by atoms with Gasteiger partial charge >= 0.3 is 6.09 Å². The van der Waals surface area contributed by atoms with Gasteiger partial charge in [-0.1, -0.05) is 47.5 Å². The first-order chi connectivity index (χ1) is 21.7. The highest BCUT2D eigenvalue weighted by Gasteiger charge is 2.35. The Hall–Kier alpha value is -4.07. The van der Waals surface area contributed by atoms with Gasteiger partial charge in [0, 0.05) is 53.3 Å². The number of imidazole rings is 1. The number of carbonyl (C=O) groups excluding carboxylic acids is 1. The summed E-state index contributed by atoms with van der Waals surface area (Å²) in [5, 5.41) is 20.0. The van der Waals surface area contributed by atoms with Crippen LogP contribution in [0, 0.1) is 0 Å². The minimum atomic E-state index is -1.31. The van der Waals surface area contributed by atoms with E-state index in [2.05, 4.69) is 15.3 Å². The Morgan fingerprint density at radius 3 is 2.64 bits per heavy atom. The molecule has 1 saturated heterocycles. The van der Waals surface area contributed by atoms with Crippen LogP contribution < -0.4 is 5.32 Å². The Bertz CT molecular complexity index is 1910. The van der Waals surface area contributed by atoms with Crippen molar-refractivity contribution in [2.45, 2.75) is 43.7 Å². The molecular formula is C30H25Cl2F2N7O3S. The summed E-state index contributed by atoms with van der Waals surface area (Å²) in [4.78, 5) is 34.6. The molecule has 0 radical (unpaired) electrons. The van der Waals surface area contributed by atoms with Crippen molar-refractivity contribution in [1.82, 2.24) is 29.2 Å². The smallest absolute Gasteiger partial charge is 0.407 e. The molecule has 10 nitrogen and oxygen atoms in total. The van der Waals surface area contributed by atoms with E-state index in [-0.39, 0.29) is 26.1 Å². The number of carbonyl (C=O) groups is 2. The summed E-state index contributed by atoms with van der Waals surface area (Å²) in [5.41, 5.74) is 3.43. The number of rotatable bonds is 6. The van der Waals surface area contributed by atoms with Crippen LogP contribution in [-0.4, -0.2) is 71.8 Å². The highest BCUT2D eigenvalue weighted by Crippen LogP contribution is 2.40. The van der Waals surface area contributed by atoms with Gasteiger partial charge in [-0.25, -0.2) is 23.5 Å². The molecule has 1 unspecified atom stereocenters. The lowest BCUT2D eigenvalue weighted by Crippen LogP contribution is -2.43. The van der Waals surface area contributed by atoms with Crippen LogP contribution in [0.1, 0.15) is 35.3 Å². The summed E-state index contributed by atoms with van der Waals surface area (Å²) < 4.78 is 32.3. The lowest BCUT2D eigenvalue weighted by atomic mass is 9.87. The molecule has 4 atom stereocenters. The third-order valence-corrected chi connectivity index (χ3v) is 9.77. The lowest BCUT2D eigenvalue weighted by Gasteiger charge is -2.33. The van der Waals surface area contributed by atoms with Gasteiger partial charge in [-0.15, -0.1) is 11.3 Å². The van der Waals surface area contributed by atoms with E-state index in [1.165, 1.54) is 22.3 Å². The number of piperidine rings is 1. The molecule has 0 spiro atoms. The van der Waals surface area contributed by atoms with Crippen molar-refractivity contribution in [2.75, 3.05) is 18.4 Å². The number of fused-ring (bicyclic) bond motifs is 2. The summed E-state index contributed by atoms with van der Waals surface area (Å²) in [6.07, 6.45) is 1.72. The number of anilines is 1. The van der Waals surface area contributed by atoms with Crippen LogP contribution in [0.4, 0.5) is 18.7 Å². The monoisotopic (exact) mass is 671 g/mol. The molecule has 5 aromatic rings. The largest absolute Gasteiger partial charge is 0.465 e. The van der Waals surface area contributed by atoms with Crippen LogP contribution in [-0.2, 0) is 17.8 Å². The average Bonchev–Trinajstić information content (AvgIpc) is 3.82. The van der Waals surface area contributed by atoms with Crippen molar-refractivity contribution in [2.24, 2.45) is 0 Å². The van der Waals surface area contributed by atoms with Gasteiger partial charge in [-0.3, -0.25) is 14.8 Å². The fraction of sp³-hybridized carbons (Fsp3) is 0.300. The van der Waals surface area contributed by atoms with E-state index < -0.39 is 36.3 Å². The number of amides is 2. The second-order valence-corrected chi connectivity index (χ2v) is 12.8. The molecule has 2 N–H and O–H groups in total. The molecule has 7 rings (SSSR count). The van der Waals surface area contributed by atoms with Crippen molar-refractivity contribution in [1.29, 1.82) is 0 Å². The standard InChI is InChI=1S/C30H25Cl2F2N7O3S/c31-21-10-19(16-3-1-15(2-4-16)18-5-7-39(30(43)44)13-22(18)34)24(32)25-20(21)12-41(38-25)27(28(42)37-29-35-6-8-45-29)26-23-9-17(33)11-40(23)14-36-26/h1-4,6,8,10,12,14,17-18,22,27H,5,7,9,11,13H2,(H,43,44)(H,35,37,42)/t17-,18+,22-,27?/m1/s1. The van der Waals surface area contributed by atoms with Gasteiger partial charge in [0.2, 0.25) is 0 Å². The van der Waals surface area contributed by atoms with E-state index >= 15 is 0 Å². The second-order valence-electron chi connectivity index (χ2n) is 11.1. The Labute approximate surface area is 269 Å². The van der Waals surface area contributed by atoms with Crippen LogP contribution in [0.3, 0.4) is 0 Å². The maximum absolute atomic E-state index is 14.9. The first-order valence-corrected chi connectivity index (χ1v) is 15.8. The Kier molecular flexibility index (Phi) is 7.70. The van der Waals surface area contributed by atoms with Crippen LogP contribution in [0.15, 0.2) is 54.4 Å². The number of nitrogens with zero attached hydrogens (tertiary/aromatic N) is 6. The summed E-state index contributed by atoms with van der Waals surface area (Å²) in [6, 6.07) is 7.91. The maximum atomic E-state index is 14.9. The van der Waals surface area contributed by atoms with Gasteiger partial charge in [0.1, 0.15) is 17.9 Å². The van der Waals surface area contributed by atoms with Crippen LogP contribution in [0.2, 0.25) is 10.0 Å². The van der Waals surface area contributed by atoms with Gasteiger partial charge in [-0.2, -0.15) is 5.10 Å². The van der Waals surface area contributed by atoms with Crippen LogP contribution >= 0.6 is 34.5 Å². The number of benzene rings is 2. The molecule has 45 heavy (non-hydrogen) atoms. The van der Waals surface area contributed by atoms with E-state index in [9.17, 15) is 23.5 Å². The molecule has 232 valence electrons. The number of carboxylic acid groups (broad SMARTS) is 1. The molecule has 5 heterocycles. The van der Waals surface area contributed by atoms with Gasteiger partial charge in [-0.05, 0) is 23.6 Å². The number of alkyl halides is 2. The molecule has 2 aromatic carbocycles. The molecule has 2 aliphatic heterocycles. The van der Waals surface area contributed by atoms with E-state index in [0.29, 0.717) is 49.5 Å². The minimum Gasteiger partial charge on any atom is -0.465 e. The molecule has 0 aliphatic carbocycles. The average molecular weight is 673 g/mol. The van der Waals surface area contributed by atoms with E-state index in [1.54, 1.807) is 28.4 Å². The van der Waals surface area contributed by atoms with Crippen LogP contribution in [0.25, 0.3) is 22.0 Å². The molecule has 2 amide bonds. The number of thiazole rings is 1. The summed E-state index contributed by atoms with van der Waals surface area (Å²) in [7, 11) is 0. The van der Waals surface area contributed by atoms with E-state index in [4.69, 9.17) is 28.3 Å². The van der Waals surface area contributed by atoms with Gasteiger partial charge < -0.3 is 14.6 Å². The number of halogens is 4.